The predicted octanol–water partition coefficient (Wildman–Crippen LogP) is 1.88. The molecule has 0 heterocycles. The molecule has 2 nitrogen and oxygen atoms in total. The van der Waals surface area contributed by atoms with Crippen molar-refractivity contribution in [3.05, 3.63) is 0 Å². The molecule has 2 heteroatoms. The quantitative estimate of drug-likeness (QED) is 0.610. The van der Waals surface area contributed by atoms with Crippen molar-refractivity contribution in [3.8, 4) is 0 Å². The van der Waals surface area contributed by atoms with Gasteiger partial charge < -0.3 is 4.74 Å². The third-order valence-electron chi connectivity index (χ3n) is 1.34. The molecule has 0 saturated heterocycles. The highest BCUT2D eigenvalue weighted by atomic mass is 16.5. The Labute approximate surface area is 68.9 Å². The number of hydrogen-bond donors (Lipinski definition) is 0. The fraction of sp³-hybridized carbons (Fsp3) is 0.889. The molecule has 0 radical (unpaired) electrons. The molecule has 66 valence electrons. The van der Waals surface area contributed by atoms with Crippen molar-refractivity contribution in [1.29, 1.82) is 0 Å². The SMILES string of the molecule is CC(C)COCC(=O)C(C)C. The number of carbonyl (C=O) groups is 1. The maximum atomic E-state index is 11.0. The van der Waals surface area contributed by atoms with E-state index in [1.807, 2.05) is 13.8 Å². The first-order chi connectivity index (χ1) is 5.04. The Morgan fingerprint density at radius 1 is 1.27 bits per heavy atom. The Balaban J connectivity index is 3.32. The third-order valence-corrected chi connectivity index (χ3v) is 1.34. The third kappa shape index (κ3) is 6.05. The summed E-state index contributed by atoms with van der Waals surface area (Å²) in [5, 5.41) is 0. The summed E-state index contributed by atoms with van der Waals surface area (Å²) in [6.45, 7) is 8.87. The van der Waals surface area contributed by atoms with Gasteiger partial charge in [0.2, 0.25) is 0 Å². The van der Waals surface area contributed by atoms with Crippen LogP contribution in [0.25, 0.3) is 0 Å². The molecule has 11 heavy (non-hydrogen) atoms. The Morgan fingerprint density at radius 2 is 1.82 bits per heavy atom. The molecule has 0 amide bonds. The molecule has 0 aliphatic rings. The van der Waals surface area contributed by atoms with Gasteiger partial charge in [-0.3, -0.25) is 4.79 Å². The molecule has 0 unspecified atom stereocenters. The van der Waals surface area contributed by atoms with Crippen LogP contribution in [0.1, 0.15) is 27.7 Å². The lowest BCUT2D eigenvalue weighted by atomic mass is 10.1. The molecule has 0 aliphatic heterocycles. The highest BCUT2D eigenvalue weighted by Crippen LogP contribution is 1.97. The van der Waals surface area contributed by atoms with Crippen LogP contribution in [0.3, 0.4) is 0 Å². The number of hydrogen-bond acceptors (Lipinski definition) is 2. The van der Waals surface area contributed by atoms with E-state index in [-0.39, 0.29) is 18.3 Å². The van der Waals surface area contributed by atoms with E-state index in [0.717, 1.165) is 0 Å². The van der Waals surface area contributed by atoms with Crippen molar-refractivity contribution in [2.45, 2.75) is 27.7 Å². The maximum absolute atomic E-state index is 11.0. The molecule has 0 aromatic carbocycles. The zero-order chi connectivity index (χ0) is 8.85. The molecule has 0 aromatic heterocycles. The van der Waals surface area contributed by atoms with Gasteiger partial charge in [0.05, 0.1) is 0 Å². The summed E-state index contributed by atoms with van der Waals surface area (Å²) in [4.78, 5) is 11.0. The number of Topliss-reactive ketones (excluding diaryl/α,β-unsaturated/α-hetero) is 1. The van der Waals surface area contributed by atoms with Gasteiger partial charge in [-0.25, -0.2) is 0 Å². The van der Waals surface area contributed by atoms with E-state index >= 15 is 0 Å². The fourth-order valence-electron chi connectivity index (χ4n) is 0.562. The van der Waals surface area contributed by atoms with Crippen LogP contribution in [-0.2, 0) is 9.53 Å². The van der Waals surface area contributed by atoms with Crippen molar-refractivity contribution in [3.63, 3.8) is 0 Å². The largest absolute Gasteiger partial charge is 0.373 e. The molecule has 0 saturated carbocycles. The smallest absolute Gasteiger partial charge is 0.160 e. The highest BCUT2D eigenvalue weighted by molar-refractivity contribution is 5.81. The molecular formula is C9H18O2. The van der Waals surface area contributed by atoms with Crippen LogP contribution < -0.4 is 0 Å². The number of ketones is 1. The summed E-state index contributed by atoms with van der Waals surface area (Å²) in [6, 6.07) is 0. The first-order valence-electron chi connectivity index (χ1n) is 4.14. The standard InChI is InChI=1S/C9H18O2/c1-7(2)5-11-6-9(10)8(3)4/h7-8H,5-6H2,1-4H3. The zero-order valence-corrected chi connectivity index (χ0v) is 7.89. The van der Waals surface area contributed by atoms with E-state index < -0.39 is 0 Å². The van der Waals surface area contributed by atoms with Gasteiger partial charge in [-0.1, -0.05) is 27.7 Å². The van der Waals surface area contributed by atoms with Crippen LogP contribution in [0.15, 0.2) is 0 Å². The lowest BCUT2D eigenvalue weighted by Gasteiger charge is -2.07. The van der Waals surface area contributed by atoms with Gasteiger partial charge in [0.15, 0.2) is 5.78 Å². The summed E-state index contributed by atoms with van der Waals surface area (Å²) < 4.78 is 5.17. The van der Waals surface area contributed by atoms with Gasteiger partial charge in [0.25, 0.3) is 0 Å². The summed E-state index contributed by atoms with van der Waals surface area (Å²) in [6.07, 6.45) is 0. The molecule has 0 bridgehead atoms. The second-order valence-corrected chi connectivity index (χ2v) is 3.53. The van der Waals surface area contributed by atoms with Crippen molar-refractivity contribution < 1.29 is 9.53 Å². The Kier molecular flexibility index (Phi) is 5.12. The van der Waals surface area contributed by atoms with Gasteiger partial charge in [0, 0.05) is 12.5 Å². The van der Waals surface area contributed by atoms with E-state index in [9.17, 15) is 4.79 Å². The van der Waals surface area contributed by atoms with Gasteiger partial charge in [-0.2, -0.15) is 0 Å². The van der Waals surface area contributed by atoms with E-state index in [4.69, 9.17) is 4.74 Å². The Morgan fingerprint density at radius 3 is 2.18 bits per heavy atom. The predicted molar refractivity (Wildman–Crippen MR) is 45.5 cm³/mol. The molecule has 0 aliphatic carbocycles. The highest BCUT2D eigenvalue weighted by Gasteiger charge is 2.06. The molecule has 0 atom stereocenters. The minimum atomic E-state index is 0.0992. The average Bonchev–Trinajstić information content (AvgIpc) is 1.86. The van der Waals surface area contributed by atoms with E-state index in [1.54, 1.807) is 0 Å². The van der Waals surface area contributed by atoms with Gasteiger partial charge in [-0.15, -0.1) is 0 Å². The van der Waals surface area contributed by atoms with Crippen molar-refractivity contribution in [1.82, 2.24) is 0 Å². The Hall–Kier alpha value is -0.370. The van der Waals surface area contributed by atoms with Crippen molar-refractivity contribution in [2.24, 2.45) is 11.8 Å². The van der Waals surface area contributed by atoms with Crippen LogP contribution in [0.5, 0.6) is 0 Å². The summed E-state index contributed by atoms with van der Waals surface area (Å²) in [5.41, 5.74) is 0. The van der Waals surface area contributed by atoms with Gasteiger partial charge in [-0.05, 0) is 5.92 Å². The average molecular weight is 158 g/mol. The minimum Gasteiger partial charge on any atom is -0.373 e. The number of rotatable bonds is 5. The number of carbonyl (C=O) groups excluding carboxylic acids is 1. The van der Waals surface area contributed by atoms with E-state index in [0.29, 0.717) is 12.5 Å². The van der Waals surface area contributed by atoms with Gasteiger partial charge in [0.1, 0.15) is 6.61 Å². The lowest BCUT2D eigenvalue weighted by Crippen LogP contribution is -2.16. The van der Waals surface area contributed by atoms with Crippen LogP contribution in [-0.4, -0.2) is 19.0 Å². The summed E-state index contributed by atoms with van der Waals surface area (Å²) in [5.74, 6) is 0.794. The van der Waals surface area contributed by atoms with Crippen molar-refractivity contribution >= 4 is 5.78 Å². The lowest BCUT2D eigenvalue weighted by molar-refractivity contribution is -0.126. The van der Waals surface area contributed by atoms with Gasteiger partial charge >= 0.3 is 0 Å². The molecule has 0 rings (SSSR count). The first-order valence-corrected chi connectivity index (χ1v) is 4.14. The van der Waals surface area contributed by atoms with Crippen LogP contribution in [0.4, 0.5) is 0 Å². The fourth-order valence-corrected chi connectivity index (χ4v) is 0.562. The Bertz CT molecular complexity index is 117. The van der Waals surface area contributed by atoms with E-state index in [2.05, 4.69) is 13.8 Å². The number of ether oxygens (including phenoxy) is 1. The zero-order valence-electron chi connectivity index (χ0n) is 7.89. The first kappa shape index (κ1) is 10.6. The van der Waals surface area contributed by atoms with E-state index in [1.165, 1.54) is 0 Å². The second kappa shape index (κ2) is 5.30. The molecule has 0 fully saturated rings. The minimum absolute atomic E-state index is 0.0992. The molecular weight excluding hydrogens is 140 g/mol. The monoisotopic (exact) mass is 158 g/mol. The molecule has 0 N–H and O–H groups in total. The summed E-state index contributed by atoms with van der Waals surface area (Å²) >= 11 is 0. The molecule has 0 aromatic rings. The van der Waals surface area contributed by atoms with Crippen LogP contribution in [0.2, 0.25) is 0 Å². The molecule has 0 spiro atoms. The topological polar surface area (TPSA) is 26.3 Å². The van der Waals surface area contributed by atoms with Crippen LogP contribution >= 0.6 is 0 Å². The maximum Gasteiger partial charge on any atom is 0.160 e. The summed E-state index contributed by atoms with van der Waals surface area (Å²) in [7, 11) is 0. The second-order valence-electron chi connectivity index (χ2n) is 3.53. The normalized spacial score (nSPS) is 11.1. The van der Waals surface area contributed by atoms with Crippen LogP contribution in [0, 0.1) is 11.8 Å². The van der Waals surface area contributed by atoms with Crippen molar-refractivity contribution in [2.75, 3.05) is 13.2 Å².